The van der Waals surface area contributed by atoms with Gasteiger partial charge in [0.05, 0.1) is 19.7 Å². The van der Waals surface area contributed by atoms with Gasteiger partial charge in [-0.1, -0.05) is 64.7 Å². The van der Waals surface area contributed by atoms with Crippen LogP contribution in [-0.2, 0) is 4.74 Å². The normalized spacial score (nSPS) is 16.4. The maximum atomic E-state index is 5.79. The Morgan fingerprint density at radius 1 is 0.667 bits per heavy atom. The standard InChI is InChI=1S/C19H39NO/c1-2-3-4-5-6-7-8-9-10-14-18-21-19-17-20-15-12-11-13-16-20/h2-19H2,1H3/p+1. The molecule has 1 heterocycles. The summed E-state index contributed by atoms with van der Waals surface area (Å²) in [4.78, 5) is 1.77. The summed E-state index contributed by atoms with van der Waals surface area (Å²) in [5.74, 6) is 0. The first-order valence-corrected chi connectivity index (χ1v) is 9.85. The maximum Gasteiger partial charge on any atom is 0.101 e. The zero-order valence-electron chi connectivity index (χ0n) is 14.6. The van der Waals surface area contributed by atoms with Gasteiger partial charge in [-0.2, -0.15) is 0 Å². The predicted octanol–water partition coefficient (Wildman–Crippen LogP) is 3.99. The van der Waals surface area contributed by atoms with E-state index in [9.17, 15) is 0 Å². The lowest BCUT2D eigenvalue weighted by Crippen LogP contribution is -3.13. The zero-order valence-corrected chi connectivity index (χ0v) is 14.6. The molecule has 1 aliphatic heterocycles. The van der Waals surface area contributed by atoms with Crippen molar-refractivity contribution >= 4 is 0 Å². The first-order chi connectivity index (χ1) is 10.4. The summed E-state index contributed by atoms with van der Waals surface area (Å²) in [7, 11) is 0. The third-order valence-electron chi connectivity index (χ3n) is 4.80. The summed E-state index contributed by atoms with van der Waals surface area (Å²) >= 11 is 0. The predicted molar refractivity (Wildman–Crippen MR) is 92.1 cm³/mol. The number of quaternary nitrogens is 1. The number of ether oxygens (including phenoxy) is 1. The van der Waals surface area contributed by atoms with Crippen LogP contribution in [0.15, 0.2) is 0 Å². The van der Waals surface area contributed by atoms with Crippen molar-refractivity contribution < 1.29 is 9.64 Å². The summed E-state index contributed by atoms with van der Waals surface area (Å²) in [5.41, 5.74) is 0. The zero-order chi connectivity index (χ0) is 15.0. The Morgan fingerprint density at radius 2 is 1.24 bits per heavy atom. The van der Waals surface area contributed by atoms with Gasteiger partial charge in [0.2, 0.25) is 0 Å². The highest BCUT2D eigenvalue weighted by molar-refractivity contribution is 4.48. The molecular formula is C19H40NO+. The molecule has 1 aliphatic rings. The van der Waals surface area contributed by atoms with Crippen molar-refractivity contribution in [3.63, 3.8) is 0 Å². The second-order valence-corrected chi connectivity index (χ2v) is 6.86. The molecule has 0 aromatic rings. The van der Waals surface area contributed by atoms with Crippen molar-refractivity contribution in [2.75, 3.05) is 32.8 Å². The summed E-state index contributed by atoms with van der Waals surface area (Å²) in [5, 5.41) is 0. The van der Waals surface area contributed by atoms with Crippen molar-refractivity contribution in [3.8, 4) is 0 Å². The lowest BCUT2D eigenvalue weighted by Gasteiger charge is -2.23. The Balaban J connectivity index is 1.69. The van der Waals surface area contributed by atoms with E-state index in [4.69, 9.17) is 4.74 Å². The third-order valence-corrected chi connectivity index (χ3v) is 4.80. The molecule has 0 radical (unpaired) electrons. The smallest absolute Gasteiger partial charge is 0.101 e. The molecule has 126 valence electrons. The Bertz CT molecular complexity index is 202. The monoisotopic (exact) mass is 298 g/mol. The average molecular weight is 299 g/mol. The van der Waals surface area contributed by atoms with Crippen LogP contribution in [0.25, 0.3) is 0 Å². The molecule has 21 heavy (non-hydrogen) atoms. The maximum absolute atomic E-state index is 5.79. The van der Waals surface area contributed by atoms with Gasteiger partial charge in [-0.3, -0.25) is 0 Å². The van der Waals surface area contributed by atoms with E-state index in [1.165, 1.54) is 103 Å². The molecule has 0 aromatic carbocycles. The van der Waals surface area contributed by atoms with E-state index >= 15 is 0 Å². The number of likely N-dealkylation sites (tertiary alicyclic amines) is 1. The SMILES string of the molecule is CCCCCCCCCCCCOCC[NH+]1CCCCC1. The van der Waals surface area contributed by atoms with Gasteiger partial charge in [0, 0.05) is 6.61 Å². The lowest BCUT2D eigenvalue weighted by molar-refractivity contribution is -0.905. The molecule has 0 atom stereocenters. The van der Waals surface area contributed by atoms with Crippen molar-refractivity contribution in [3.05, 3.63) is 0 Å². The van der Waals surface area contributed by atoms with Gasteiger partial charge in [-0.15, -0.1) is 0 Å². The molecule has 0 aliphatic carbocycles. The van der Waals surface area contributed by atoms with Crippen LogP contribution in [0.4, 0.5) is 0 Å². The van der Waals surface area contributed by atoms with Crippen molar-refractivity contribution in [1.29, 1.82) is 0 Å². The average Bonchev–Trinajstić information content (AvgIpc) is 2.53. The fourth-order valence-electron chi connectivity index (χ4n) is 3.31. The molecular weight excluding hydrogens is 258 g/mol. The highest BCUT2D eigenvalue weighted by Crippen LogP contribution is 2.10. The molecule has 1 saturated heterocycles. The Kier molecular flexibility index (Phi) is 13.4. The van der Waals surface area contributed by atoms with Gasteiger partial charge in [0.25, 0.3) is 0 Å². The van der Waals surface area contributed by atoms with Crippen molar-refractivity contribution in [2.45, 2.75) is 90.4 Å². The molecule has 0 aromatic heterocycles. The Morgan fingerprint density at radius 3 is 1.86 bits per heavy atom. The molecule has 0 saturated carbocycles. The van der Waals surface area contributed by atoms with Gasteiger partial charge >= 0.3 is 0 Å². The van der Waals surface area contributed by atoms with Crippen LogP contribution in [0, 0.1) is 0 Å². The minimum Gasteiger partial charge on any atom is -0.376 e. The molecule has 0 amide bonds. The van der Waals surface area contributed by atoms with E-state index in [-0.39, 0.29) is 0 Å². The molecule has 1 N–H and O–H groups in total. The summed E-state index contributed by atoms with van der Waals surface area (Å²) in [6.07, 6.45) is 18.4. The minimum absolute atomic E-state index is 0.979. The number of unbranched alkanes of at least 4 members (excludes halogenated alkanes) is 9. The van der Waals surface area contributed by atoms with E-state index in [1.54, 1.807) is 4.90 Å². The van der Waals surface area contributed by atoms with Crippen LogP contribution >= 0.6 is 0 Å². The molecule has 1 fully saturated rings. The number of rotatable bonds is 14. The Hall–Kier alpha value is -0.0800. The van der Waals surface area contributed by atoms with E-state index in [0.717, 1.165) is 13.2 Å². The number of nitrogens with one attached hydrogen (secondary N) is 1. The van der Waals surface area contributed by atoms with Crippen LogP contribution in [0.3, 0.4) is 0 Å². The van der Waals surface area contributed by atoms with Gasteiger partial charge in [-0.25, -0.2) is 0 Å². The van der Waals surface area contributed by atoms with E-state index in [0.29, 0.717) is 0 Å². The molecule has 0 unspecified atom stereocenters. The van der Waals surface area contributed by atoms with Gasteiger partial charge in [-0.05, 0) is 25.7 Å². The van der Waals surface area contributed by atoms with Crippen LogP contribution in [0.2, 0.25) is 0 Å². The second-order valence-electron chi connectivity index (χ2n) is 6.86. The van der Waals surface area contributed by atoms with Crippen LogP contribution in [0.5, 0.6) is 0 Å². The van der Waals surface area contributed by atoms with Crippen LogP contribution in [0.1, 0.15) is 90.4 Å². The van der Waals surface area contributed by atoms with Gasteiger partial charge in [0.15, 0.2) is 0 Å². The number of hydrogen-bond acceptors (Lipinski definition) is 1. The number of piperidine rings is 1. The third kappa shape index (κ3) is 12.2. The fourth-order valence-corrected chi connectivity index (χ4v) is 3.31. The fraction of sp³-hybridized carbons (Fsp3) is 1.00. The quantitative estimate of drug-likeness (QED) is 0.479. The van der Waals surface area contributed by atoms with E-state index in [1.807, 2.05) is 0 Å². The van der Waals surface area contributed by atoms with Crippen molar-refractivity contribution in [1.82, 2.24) is 0 Å². The summed E-state index contributed by atoms with van der Waals surface area (Å²) < 4.78 is 5.79. The highest BCUT2D eigenvalue weighted by atomic mass is 16.5. The molecule has 1 rings (SSSR count). The second kappa shape index (κ2) is 14.8. The number of hydrogen-bond donors (Lipinski definition) is 1. The highest BCUT2D eigenvalue weighted by Gasteiger charge is 2.12. The van der Waals surface area contributed by atoms with Crippen molar-refractivity contribution in [2.24, 2.45) is 0 Å². The largest absolute Gasteiger partial charge is 0.376 e. The van der Waals surface area contributed by atoms with Crippen LogP contribution < -0.4 is 4.90 Å². The summed E-state index contributed by atoms with van der Waals surface area (Å²) in [6, 6.07) is 0. The van der Waals surface area contributed by atoms with Gasteiger partial charge < -0.3 is 9.64 Å². The molecule has 0 spiro atoms. The molecule has 0 bridgehead atoms. The van der Waals surface area contributed by atoms with E-state index < -0.39 is 0 Å². The lowest BCUT2D eigenvalue weighted by atomic mass is 10.1. The van der Waals surface area contributed by atoms with Crippen LogP contribution in [-0.4, -0.2) is 32.8 Å². The first-order valence-electron chi connectivity index (χ1n) is 9.85. The topological polar surface area (TPSA) is 13.7 Å². The first kappa shape index (κ1) is 19.0. The van der Waals surface area contributed by atoms with E-state index in [2.05, 4.69) is 6.92 Å². The van der Waals surface area contributed by atoms with Gasteiger partial charge in [0.1, 0.15) is 6.54 Å². The summed E-state index contributed by atoms with van der Waals surface area (Å²) in [6.45, 7) is 8.24. The minimum atomic E-state index is 0.979. The Labute approximate surface area is 133 Å². The molecule has 2 nitrogen and oxygen atoms in total. The molecule has 2 heteroatoms.